The second-order valence-electron chi connectivity index (χ2n) is 5.76. The van der Waals surface area contributed by atoms with Gasteiger partial charge in [-0.2, -0.15) is 0 Å². The third kappa shape index (κ3) is 2.54. The summed E-state index contributed by atoms with van der Waals surface area (Å²) in [5.74, 6) is 0.992. The molecule has 1 N–H and O–H groups in total. The Kier molecular flexibility index (Phi) is 3.46. The monoisotopic (exact) mass is 279 g/mol. The summed E-state index contributed by atoms with van der Waals surface area (Å²) < 4.78 is 5.83. The van der Waals surface area contributed by atoms with Crippen molar-refractivity contribution in [3.05, 3.63) is 64.4 Å². The van der Waals surface area contributed by atoms with Crippen molar-refractivity contribution in [1.82, 2.24) is 0 Å². The molecule has 0 saturated carbocycles. The van der Waals surface area contributed by atoms with Crippen molar-refractivity contribution in [2.45, 2.75) is 34.2 Å². The molecule has 0 aliphatic rings. The third-order valence-corrected chi connectivity index (χ3v) is 4.02. The van der Waals surface area contributed by atoms with Crippen LogP contribution in [0, 0.1) is 27.7 Å². The molecule has 0 aliphatic carbocycles. The molecule has 1 heterocycles. The molecule has 3 rings (SSSR count). The zero-order valence-electron chi connectivity index (χ0n) is 13.1. The van der Waals surface area contributed by atoms with Gasteiger partial charge in [0, 0.05) is 23.2 Å². The van der Waals surface area contributed by atoms with Crippen molar-refractivity contribution in [1.29, 1.82) is 0 Å². The fraction of sp³-hybridized carbons (Fsp3) is 0.263. The number of fused-ring (bicyclic) bond motifs is 1. The van der Waals surface area contributed by atoms with E-state index in [1.165, 1.54) is 33.3 Å². The highest BCUT2D eigenvalue weighted by molar-refractivity contribution is 5.82. The molecule has 0 spiro atoms. The largest absolute Gasteiger partial charge is 0.461 e. The lowest BCUT2D eigenvalue weighted by Gasteiger charge is -2.13. The number of furan rings is 1. The Balaban J connectivity index is 1.92. The van der Waals surface area contributed by atoms with Crippen molar-refractivity contribution in [2.75, 3.05) is 5.32 Å². The fourth-order valence-corrected chi connectivity index (χ4v) is 3.08. The number of para-hydroxylation sites is 1. The van der Waals surface area contributed by atoms with Crippen LogP contribution in [0.4, 0.5) is 5.69 Å². The van der Waals surface area contributed by atoms with Gasteiger partial charge in [0.2, 0.25) is 0 Å². The summed E-state index contributed by atoms with van der Waals surface area (Å²) in [5.41, 5.74) is 7.32. The molecule has 108 valence electrons. The van der Waals surface area contributed by atoms with E-state index in [0.29, 0.717) is 0 Å². The molecular weight excluding hydrogens is 258 g/mol. The molecular formula is C19H21NO. The van der Waals surface area contributed by atoms with E-state index < -0.39 is 0 Å². The standard InChI is InChI=1S/C19H21NO/c1-12-9-13(2)19(14(3)10-12)20-11-17-15(4)21-18-8-6-5-7-16(17)18/h5-10,20H,11H2,1-4H3. The second-order valence-corrected chi connectivity index (χ2v) is 5.76. The van der Waals surface area contributed by atoms with Gasteiger partial charge in [-0.15, -0.1) is 0 Å². The van der Waals surface area contributed by atoms with Gasteiger partial charge in [0.25, 0.3) is 0 Å². The van der Waals surface area contributed by atoms with E-state index in [1.807, 2.05) is 19.1 Å². The van der Waals surface area contributed by atoms with Crippen molar-refractivity contribution in [2.24, 2.45) is 0 Å². The first kappa shape index (κ1) is 13.7. The first-order valence-corrected chi connectivity index (χ1v) is 7.35. The first-order chi connectivity index (χ1) is 10.1. The number of anilines is 1. The molecule has 0 aliphatic heterocycles. The summed E-state index contributed by atoms with van der Waals surface area (Å²) in [6, 6.07) is 12.6. The fourth-order valence-electron chi connectivity index (χ4n) is 3.08. The van der Waals surface area contributed by atoms with E-state index in [4.69, 9.17) is 4.42 Å². The normalized spacial score (nSPS) is 11.0. The number of hydrogen-bond acceptors (Lipinski definition) is 2. The van der Waals surface area contributed by atoms with Gasteiger partial charge in [0.15, 0.2) is 0 Å². The van der Waals surface area contributed by atoms with Gasteiger partial charge in [-0.3, -0.25) is 0 Å². The van der Waals surface area contributed by atoms with Gasteiger partial charge in [-0.05, 0) is 44.9 Å². The minimum atomic E-state index is 0.785. The summed E-state index contributed by atoms with van der Waals surface area (Å²) in [6.07, 6.45) is 0. The van der Waals surface area contributed by atoms with E-state index >= 15 is 0 Å². The highest BCUT2D eigenvalue weighted by Crippen LogP contribution is 2.28. The third-order valence-electron chi connectivity index (χ3n) is 4.02. The molecule has 0 atom stereocenters. The first-order valence-electron chi connectivity index (χ1n) is 7.35. The Morgan fingerprint density at radius 1 is 0.952 bits per heavy atom. The van der Waals surface area contributed by atoms with Crippen molar-refractivity contribution >= 4 is 16.7 Å². The lowest BCUT2D eigenvalue weighted by atomic mass is 10.0. The lowest BCUT2D eigenvalue weighted by Crippen LogP contribution is -2.04. The average molecular weight is 279 g/mol. The zero-order chi connectivity index (χ0) is 15.0. The lowest BCUT2D eigenvalue weighted by molar-refractivity contribution is 0.573. The Morgan fingerprint density at radius 2 is 1.62 bits per heavy atom. The SMILES string of the molecule is Cc1cc(C)c(NCc2c(C)oc3ccccc23)c(C)c1. The van der Waals surface area contributed by atoms with Gasteiger partial charge in [0.1, 0.15) is 11.3 Å². The van der Waals surface area contributed by atoms with E-state index in [0.717, 1.165) is 17.9 Å². The molecule has 0 radical (unpaired) electrons. The molecule has 0 unspecified atom stereocenters. The topological polar surface area (TPSA) is 25.2 Å². The predicted molar refractivity (Wildman–Crippen MR) is 88.9 cm³/mol. The summed E-state index contributed by atoms with van der Waals surface area (Å²) in [6.45, 7) is 9.27. The van der Waals surface area contributed by atoms with Crippen LogP contribution in [-0.2, 0) is 6.54 Å². The smallest absolute Gasteiger partial charge is 0.134 e. The highest BCUT2D eigenvalue weighted by atomic mass is 16.3. The Labute approximate surface area is 125 Å². The number of hydrogen-bond donors (Lipinski definition) is 1. The number of benzene rings is 2. The van der Waals surface area contributed by atoms with E-state index in [1.54, 1.807) is 0 Å². The van der Waals surface area contributed by atoms with Gasteiger partial charge >= 0.3 is 0 Å². The molecule has 3 aromatic rings. The molecule has 0 saturated heterocycles. The number of aryl methyl sites for hydroxylation is 4. The minimum Gasteiger partial charge on any atom is -0.461 e. The van der Waals surface area contributed by atoms with Crippen LogP contribution >= 0.6 is 0 Å². The number of nitrogens with one attached hydrogen (secondary N) is 1. The molecule has 2 nitrogen and oxygen atoms in total. The van der Waals surface area contributed by atoms with Crippen LogP contribution in [0.5, 0.6) is 0 Å². The maximum atomic E-state index is 5.83. The van der Waals surface area contributed by atoms with E-state index in [2.05, 4.69) is 50.4 Å². The maximum absolute atomic E-state index is 5.83. The molecule has 2 heteroatoms. The molecule has 21 heavy (non-hydrogen) atoms. The van der Waals surface area contributed by atoms with Crippen LogP contribution in [0.2, 0.25) is 0 Å². The van der Waals surface area contributed by atoms with Crippen molar-refractivity contribution < 1.29 is 4.42 Å². The van der Waals surface area contributed by atoms with Crippen LogP contribution in [0.1, 0.15) is 28.0 Å². The predicted octanol–water partition coefficient (Wildman–Crippen LogP) is 5.28. The van der Waals surface area contributed by atoms with Crippen LogP contribution < -0.4 is 5.32 Å². The summed E-state index contributed by atoms with van der Waals surface area (Å²) >= 11 is 0. The molecule has 1 aromatic heterocycles. The summed E-state index contributed by atoms with van der Waals surface area (Å²) in [5, 5.41) is 4.78. The Bertz CT molecular complexity index is 775. The Hall–Kier alpha value is -2.22. The van der Waals surface area contributed by atoms with Crippen LogP contribution in [0.3, 0.4) is 0 Å². The van der Waals surface area contributed by atoms with E-state index in [-0.39, 0.29) is 0 Å². The highest BCUT2D eigenvalue weighted by Gasteiger charge is 2.11. The van der Waals surface area contributed by atoms with Crippen LogP contribution in [0.15, 0.2) is 40.8 Å². The number of rotatable bonds is 3. The van der Waals surface area contributed by atoms with Crippen molar-refractivity contribution in [3.8, 4) is 0 Å². The molecule has 0 fully saturated rings. The van der Waals surface area contributed by atoms with Gasteiger partial charge in [0.05, 0.1) is 0 Å². The van der Waals surface area contributed by atoms with E-state index in [9.17, 15) is 0 Å². The maximum Gasteiger partial charge on any atom is 0.134 e. The average Bonchev–Trinajstić information content (AvgIpc) is 2.73. The minimum absolute atomic E-state index is 0.785. The zero-order valence-corrected chi connectivity index (χ0v) is 13.1. The molecule has 2 aromatic carbocycles. The second kappa shape index (κ2) is 5.28. The molecule has 0 amide bonds. The van der Waals surface area contributed by atoms with Crippen LogP contribution in [-0.4, -0.2) is 0 Å². The van der Waals surface area contributed by atoms with Gasteiger partial charge < -0.3 is 9.73 Å². The summed E-state index contributed by atoms with van der Waals surface area (Å²) in [4.78, 5) is 0. The van der Waals surface area contributed by atoms with Crippen LogP contribution in [0.25, 0.3) is 11.0 Å². The quantitative estimate of drug-likeness (QED) is 0.705. The summed E-state index contributed by atoms with van der Waals surface area (Å²) in [7, 11) is 0. The van der Waals surface area contributed by atoms with Gasteiger partial charge in [-0.25, -0.2) is 0 Å². The Morgan fingerprint density at radius 3 is 2.33 bits per heavy atom. The van der Waals surface area contributed by atoms with Crippen molar-refractivity contribution in [3.63, 3.8) is 0 Å². The van der Waals surface area contributed by atoms with Gasteiger partial charge in [-0.1, -0.05) is 35.9 Å². The molecule has 0 bridgehead atoms.